The molecule has 9 nitrogen and oxygen atoms in total. The van der Waals surface area contributed by atoms with Crippen LogP contribution < -0.4 is 16.4 Å². The largest absolute Gasteiger partial charge is 0.368 e. The normalized spacial score (nSPS) is 11.2. The molecule has 2 aromatic rings. The van der Waals surface area contributed by atoms with E-state index in [1.165, 1.54) is 12.1 Å². The molecule has 0 bridgehead atoms. The zero-order chi connectivity index (χ0) is 15.6. The van der Waals surface area contributed by atoms with Gasteiger partial charge in [-0.2, -0.15) is 23.4 Å². The maximum absolute atomic E-state index is 11.2. The molecule has 1 heterocycles. The molecule has 0 aliphatic heterocycles. The van der Waals surface area contributed by atoms with Crippen LogP contribution in [0.2, 0.25) is 0 Å². The van der Waals surface area contributed by atoms with E-state index in [1.807, 2.05) is 0 Å². The number of benzene rings is 1. The standard InChI is InChI=1S/C11H14N6O3S/c1-6-3-4-7(21(18,19)20)5-8(6)14-11-16-9(12)15-10(13-2)17-11/h3-5H,1-2H3,(H,18,19,20)(H4,12,13,14,15,16,17). The van der Waals surface area contributed by atoms with Crippen molar-refractivity contribution in [3.8, 4) is 0 Å². The van der Waals surface area contributed by atoms with Crippen LogP contribution in [0.25, 0.3) is 0 Å². The van der Waals surface area contributed by atoms with Gasteiger partial charge in [-0.25, -0.2) is 0 Å². The van der Waals surface area contributed by atoms with Crippen LogP contribution in [0.15, 0.2) is 23.1 Å². The third kappa shape index (κ3) is 3.55. The van der Waals surface area contributed by atoms with Crippen LogP contribution in [0.4, 0.5) is 23.5 Å². The van der Waals surface area contributed by atoms with Gasteiger partial charge in [0.25, 0.3) is 10.1 Å². The van der Waals surface area contributed by atoms with Gasteiger partial charge < -0.3 is 16.4 Å². The van der Waals surface area contributed by atoms with E-state index in [4.69, 9.17) is 10.3 Å². The summed E-state index contributed by atoms with van der Waals surface area (Å²) < 4.78 is 31.4. The Bertz CT molecular complexity index is 778. The molecule has 0 fully saturated rings. The number of hydrogen-bond acceptors (Lipinski definition) is 8. The second kappa shape index (κ2) is 5.50. The average Bonchev–Trinajstić information content (AvgIpc) is 2.39. The molecule has 112 valence electrons. The second-order valence-electron chi connectivity index (χ2n) is 4.17. The van der Waals surface area contributed by atoms with Crippen molar-refractivity contribution < 1.29 is 13.0 Å². The van der Waals surface area contributed by atoms with Crippen LogP contribution >= 0.6 is 0 Å². The van der Waals surface area contributed by atoms with Gasteiger partial charge in [0.05, 0.1) is 4.90 Å². The van der Waals surface area contributed by atoms with Crippen molar-refractivity contribution in [2.75, 3.05) is 23.4 Å². The maximum Gasteiger partial charge on any atom is 0.294 e. The Morgan fingerprint density at radius 1 is 1.19 bits per heavy atom. The molecule has 1 aromatic heterocycles. The lowest BCUT2D eigenvalue weighted by Crippen LogP contribution is -2.08. The number of nitrogens with zero attached hydrogens (tertiary/aromatic N) is 3. The summed E-state index contributed by atoms with van der Waals surface area (Å²) in [4.78, 5) is 11.6. The molecule has 5 N–H and O–H groups in total. The van der Waals surface area contributed by atoms with Crippen molar-refractivity contribution in [1.29, 1.82) is 0 Å². The maximum atomic E-state index is 11.2. The van der Waals surface area contributed by atoms with Crippen molar-refractivity contribution in [2.24, 2.45) is 0 Å². The Hall–Kier alpha value is -2.46. The van der Waals surface area contributed by atoms with Gasteiger partial charge in [-0.05, 0) is 24.6 Å². The van der Waals surface area contributed by atoms with E-state index in [2.05, 4.69) is 25.6 Å². The molecule has 0 aliphatic rings. The van der Waals surface area contributed by atoms with Gasteiger partial charge in [-0.3, -0.25) is 4.55 Å². The van der Waals surface area contributed by atoms with E-state index >= 15 is 0 Å². The summed E-state index contributed by atoms with van der Waals surface area (Å²) in [5.74, 6) is 0.441. The number of nitrogen functional groups attached to an aromatic ring is 1. The minimum absolute atomic E-state index is 0.0143. The van der Waals surface area contributed by atoms with Gasteiger partial charge in [0.15, 0.2) is 0 Å². The summed E-state index contributed by atoms with van der Waals surface area (Å²) >= 11 is 0. The number of rotatable bonds is 4. The van der Waals surface area contributed by atoms with E-state index in [9.17, 15) is 8.42 Å². The monoisotopic (exact) mass is 310 g/mol. The fourth-order valence-electron chi connectivity index (χ4n) is 1.58. The molecule has 0 aliphatic carbocycles. The van der Waals surface area contributed by atoms with Crippen LogP contribution in [0, 0.1) is 6.92 Å². The Kier molecular flexibility index (Phi) is 3.91. The van der Waals surface area contributed by atoms with E-state index in [0.29, 0.717) is 5.69 Å². The topological polar surface area (TPSA) is 143 Å². The fourth-order valence-corrected chi connectivity index (χ4v) is 2.08. The molecule has 2 rings (SSSR count). The van der Waals surface area contributed by atoms with Crippen LogP contribution in [-0.4, -0.2) is 35.0 Å². The summed E-state index contributed by atoms with van der Waals surface area (Å²) in [6.45, 7) is 1.76. The molecule has 0 saturated carbocycles. The van der Waals surface area contributed by atoms with Gasteiger partial charge >= 0.3 is 0 Å². The first-order chi connectivity index (χ1) is 9.79. The first-order valence-electron chi connectivity index (χ1n) is 5.84. The lowest BCUT2D eigenvalue weighted by Gasteiger charge is -2.10. The summed E-state index contributed by atoms with van der Waals surface area (Å²) in [7, 11) is -2.66. The summed E-state index contributed by atoms with van der Waals surface area (Å²) in [6.07, 6.45) is 0. The molecule has 1 aromatic carbocycles. The SMILES string of the molecule is CNc1nc(N)nc(Nc2cc(S(=O)(=O)O)ccc2C)n1. The van der Waals surface area contributed by atoms with E-state index < -0.39 is 10.1 Å². The van der Waals surface area contributed by atoms with E-state index in [1.54, 1.807) is 20.0 Å². The average molecular weight is 310 g/mol. The second-order valence-corrected chi connectivity index (χ2v) is 5.59. The molecule has 21 heavy (non-hydrogen) atoms. The number of aryl methyl sites for hydroxylation is 1. The molecule has 0 unspecified atom stereocenters. The highest BCUT2D eigenvalue weighted by molar-refractivity contribution is 7.85. The van der Waals surface area contributed by atoms with Crippen molar-refractivity contribution in [3.63, 3.8) is 0 Å². The Morgan fingerprint density at radius 3 is 2.48 bits per heavy atom. The van der Waals surface area contributed by atoms with Crippen LogP contribution in [0.3, 0.4) is 0 Å². The zero-order valence-corrected chi connectivity index (χ0v) is 12.1. The number of hydrogen-bond donors (Lipinski definition) is 4. The van der Waals surface area contributed by atoms with Gasteiger partial charge in [0.2, 0.25) is 17.8 Å². The Labute approximate surface area is 121 Å². The number of aromatic nitrogens is 3. The summed E-state index contributed by atoms with van der Waals surface area (Å²) in [6, 6.07) is 4.13. The highest BCUT2D eigenvalue weighted by Gasteiger charge is 2.12. The van der Waals surface area contributed by atoms with Crippen LogP contribution in [-0.2, 0) is 10.1 Å². The summed E-state index contributed by atoms with van der Waals surface area (Å²) in [5.41, 5.74) is 6.72. The first-order valence-corrected chi connectivity index (χ1v) is 7.28. The zero-order valence-electron chi connectivity index (χ0n) is 11.3. The molecular weight excluding hydrogens is 296 g/mol. The predicted molar refractivity (Wildman–Crippen MR) is 78.1 cm³/mol. The molecule has 0 saturated heterocycles. The van der Waals surface area contributed by atoms with Crippen LogP contribution in [0.1, 0.15) is 5.56 Å². The number of nitrogens with two attached hydrogens (primary N) is 1. The van der Waals surface area contributed by atoms with Crippen molar-refractivity contribution in [3.05, 3.63) is 23.8 Å². The van der Waals surface area contributed by atoms with Gasteiger partial charge in [0, 0.05) is 12.7 Å². The van der Waals surface area contributed by atoms with E-state index in [0.717, 1.165) is 5.56 Å². The highest BCUT2D eigenvalue weighted by Crippen LogP contribution is 2.23. The van der Waals surface area contributed by atoms with Gasteiger partial charge in [-0.1, -0.05) is 6.07 Å². The van der Waals surface area contributed by atoms with Crippen molar-refractivity contribution in [2.45, 2.75) is 11.8 Å². The van der Waals surface area contributed by atoms with Crippen molar-refractivity contribution in [1.82, 2.24) is 15.0 Å². The number of anilines is 4. The highest BCUT2D eigenvalue weighted by atomic mass is 32.2. The number of nitrogens with one attached hydrogen (secondary N) is 2. The molecule has 0 amide bonds. The minimum Gasteiger partial charge on any atom is -0.368 e. The lowest BCUT2D eigenvalue weighted by atomic mass is 10.2. The van der Waals surface area contributed by atoms with Gasteiger partial charge in [0.1, 0.15) is 0 Å². The Balaban J connectivity index is 2.42. The third-order valence-corrected chi connectivity index (χ3v) is 3.48. The Morgan fingerprint density at radius 2 is 1.86 bits per heavy atom. The predicted octanol–water partition coefficient (Wildman–Crippen LogP) is 0.794. The smallest absolute Gasteiger partial charge is 0.294 e. The summed E-state index contributed by atoms with van der Waals surface area (Å²) in [5, 5.41) is 5.57. The lowest BCUT2D eigenvalue weighted by molar-refractivity contribution is 0.483. The molecular formula is C11H14N6O3S. The van der Waals surface area contributed by atoms with Crippen molar-refractivity contribution >= 4 is 33.7 Å². The minimum atomic E-state index is -4.29. The third-order valence-electron chi connectivity index (χ3n) is 2.63. The molecule has 10 heteroatoms. The molecule has 0 spiro atoms. The quantitative estimate of drug-likeness (QED) is 0.602. The fraction of sp³-hybridized carbons (Fsp3) is 0.182. The van der Waals surface area contributed by atoms with Gasteiger partial charge in [-0.15, -0.1) is 0 Å². The molecule has 0 radical (unpaired) electrons. The first kappa shape index (κ1) is 14.9. The van der Waals surface area contributed by atoms with Crippen LogP contribution in [0.5, 0.6) is 0 Å². The molecule has 0 atom stereocenters. The van der Waals surface area contributed by atoms with E-state index in [-0.39, 0.29) is 22.7 Å².